The third-order valence-corrected chi connectivity index (χ3v) is 4.60. The largest absolute Gasteiger partial charge is 0.481 e. The van der Waals surface area contributed by atoms with Gasteiger partial charge in [-0.2, -0.15) is 0 Å². The third kappa shape index (κ3) is 4.06. The van der Waals surface area contributed by atoms with Gasteiger partial charge in [-0.15, -0.1) is 0 Å². The molecule has 1 aromatic rings. The fraction of sp³-hybridized carbons (Fsp3) is 0.214. The zero-order chi connectivity index (χ0) is 16.3. The summed E-state index contributed by atoms with van der Waals surface area (Å²) in [6.07, 6.45) is 1.85. The van der Waals surface area contributed by atoms with E-state index in [-0.39, 0.29) is 23.9 Å². The normalized spacial score (nSPS) is 16.6. The predicted molar refractivity (Wildman–Crippen MR) is 88.2 cm³/mol. The number of hydrogen-bond acceptors (Lipinski definition) is 4. The van der Waals surface area contributed by atoms with E-state index in [4.69, 9.17) is 28.9 Å². The molecule has 1 aromatic carbocycles. The number of carboxylic acids is 1. The Labute approximate surface area is 140 Å². The van der Waals surface area contributed by atoms with Gasteiger partial charge in [0.25, 0.3) is 5.91 Å². The molecule has 0 atom stereocenters. The lowest BCUT2D eigenvalue weighted by atomic mass is 10.2. The van der Waals surface area contributed by atoms with Crippen LogP contribution in [0.5, 0.6) is 0 Å². The fourth-order valence-electron chi connectivity index (χ4n) is 1.84. The molecule has 0 saturated carbocycles. The van der Waals surface area contributed by atoms with Gasteiger partial charge in [-0.05, 0) is 30.2 Å². The highest BCUT2D eigenvalue weighted by Gasteiger charge is 2.31. The summed E-state index contributed by atoms with van der Waals surface area (Å²) < 4.78 is 13.4. The smallest absolute Gasteiger partial charge is 0.303 e. The molecule has 0 bridgehead atoms. The summed E-state index contributed by atoms with van der Waals surface area (Å²) in [5.74, 6) is -1.66. The number of thioether (sulfide) groups is 1. The minimum Gasteiger partial charge on any atom is -0.481 e. The van der Waals surface area contributed by atoms with E-state index in [0.29, 0.717) is 21.2 Å². The maximum Gasteiger partial charge on any atom is 0.303 e. The van der Waals surface area contributed by atoms with Crippen LogP contribution in [0.3, 0.4) is 0 Å². The highest BCUT2D eigenvalue weighted by molar-refractivity contribution is 8.26. The van der Waals surface area contributed by atoms with Gasteiger partial charge in [-0.3, -0.25) is 14.5 Å². The molecule has 1 aliphatic heterocycles. The SMILES string of the molecule is O=C(O)CCCN1C(=O)C(=Cc2ccc(F)cc2Cl)SC1=S. The number of carbonyl (C=O) groups is 2. The second-order valence-corrected chi connectivity index (χ2v) is 6.58. The molecule has 4 nitrogen and oxygen atoms in total. The molecule has 1 N–H and O–H groups in total. The summed E-state index contributed by atoms with van der Waals surface area (Å²) in [4.78, 5) is 24.5. The molecule has 8 heteroatoms. The zero-order valence-electron chi connectivity index (χ0n) is 11.2. The minimum absolute atomic E-state index is 0.0279. The molecule has 1 amide bonds. The van der Waals surface area contributed by atoms with E-state index in [1.54, 1.807) is 6.08 Å². The molecule has 0 spiro atoms. The Hall–Kier alpha value is -1.44. The zero-order valence-corrected chi connectivity index (χ0v) is 13.6. The van der Waals surface area contributed by atoms with Crippen LogP contribution < -0.4 is 0 Å². The quantitative estimate of drug-likeness (QED) is 0.643. The van der Waals surface area contributed by atoms with Gasteiger partial charge in [0.1, 0.15) is 10.1 Å². The number of carboxylic acid groups (broad SMARTS) is 1. The van der Waals surface area contributed by atoms with Crippen molar-refractivity contribution < 1.29 is 19.1 Å². The Morgan fingerprint density at radius 3 is 2.86 bits per heavy atom. The topological polar surface area (TPSA) is 57.6 Å². The highest BCUT2D eigenvalue weighted by atomic mass is 35.5. The van der Waals surface area contributed by atoms with Crippen LogP contribution in [0.1, 0.15) is 18.4 Å². The van der Waals surface area contributed by atoms with Crippen molar-refractivity contribution in [1.29, 1.82) is 0 Å². The van der Waals surface area contributed by atoms with Crippen molar-refractivity contribution in [3.05, 3.63) is 39.5 Å². The van der Waals surface area contributed by atoms with Crippen molar-refractivity contribution >= 4 is 57.9 Å². The molecule has 0 unspecified atom stereocenters. The van der Waals surface area contributed by atoms with Crippen LogP contribution in [0.2, 0.25) is 5.02 Å². The number of thiocarbonyl (C=S) groups is 1. The minimum atomic E-state index is -0.918. The number of hydrogen-bond donors (Lipinski definition) is 1. The highest BCUT2D eigenvalue weighted by Crippen LogP contribution is 2.34. The molecule has 1 fully saturated rings. The van der Waals surface area contributed by atoms with Crippen molar-refractivity contribution in [3.63, 3.8) is 0 Å². The Morgan fingerprint density at radius 1 is 1.50 bits per heavy atom. The van der Waals surface area contributed by atoms with Gasteiger partial charge in [0.15, 0.2) is 0 Å². The first-order valence-corrected chi connectivity index (χ1v) is 7.91. The first-order chi connectivity index (χ1) is 10.4. The van der Waals surface area contributed by atoms with E-state index < -0.39 is 11.8 Å². The van der Waals surface area contributed by atoms with E-state index in [1.165, 1.54) is 23.1 Å². The van der Waals surface area contributed by atoms with Crippen LogP contribution in [0.15, 0.2) is 23.1 Å². The monoisotopic (exact) mass is 359 g/mol. The van der Waals surface area contributed by atoms with Gasteiger partial charge in [-0.25, -0.2) is 4.39 Å². The van der Waals surface area contributed by atoms with Crippen molar-refractivity contribution in [1.82, 2.24) is 4.90 Å². The second-order valence-electron chi connectivity index (χ2n) is 4.50. The number of rotatable bonds is 5. The van der Waals surface area contributed by atoms with E-state index >= 15 is 0 Å². The molecule has 1 saturated heterocycles. The maximum atomic E-state index is 13.0. The van der Waals surface area contributed by atoms with Crippen LogP contribution >= 0.6 is 35.6 Å². The van der Waals surface area contributed by atoms with Gasteiger partial charge >= 0.3 is 5.97 Å². The van der Waals surface area contributed by atoms with Crippen LogP contribution in [-0.4, -0.2) is 32.7 Å². The van der Waals surface area contributed by atoms with Crippen molar-refractivity contribution in [2.75, 3.05) is 6.54 Å². The summed E-state index contributed by atoms with van der Waals surface area (Å²) >= 11 is 12.2. The van der Waals surface area contributed by atoms with Crippen LogP contribution in [0.4, 0.5) is 4.39 Å². The summed E-state index contributed by atoms with van der Waals surface area (Å²) in [6.45, 7) is 0.255. The lowest BCUT2D eigenvalue weighted by molar-refractivity contribution is -0.137. The van der Waals surface area contributed by atoms with E-state index in [9.17, 15) is 14.0 Å². The van der Waals surface area contributed by atoms with Crippen LogP contribution in [-0.2, 0) is 9.59 Å². The number of amides is 1. The molecule has 0 radical (unpaired) electrons. The summed E-state index contributed by atoms with van der Waals surface area (Å²) in [5, 5.41) is 8.83. The van der Waals surface area contributed by atoms with Gasteiger partial charge in [0, 0.05) is 13.0 Å². The Bertz CT molecular complexity index is 678. The van der Waals surface area contributed by atoms with Crippen LogP contribution in [0.25, 0.3) is 6.08 Å². The lowest BCUT2D eigenvalue weighted by Crippen LogP contribution is -2.29. The standard InChI is InChI=1S/C14H11ClFNO3S2/c15-10-7-9(16)4-3-8(10)6-11-13(20)17(14(21)22-11)5-1-2-12(18)19/h3-4,6-7H,1-2,5H2,(H,18,19). The molecule has 116 valence electrons. The average molecular weight is 360 g/mol. The Kier molecular flexibility index (Phi) is 5.55. The summed E-state index contributed by atoms with van der Waals surface area (Å²) in [5.41, 5.74) is 0.522. The van der Waals surface area contributed by atoms with Gasteiger partial charge in [0.2, 0.25) is 0 Å². The number of aliphatic carboxylic acids is 1. The molecule has 0 aliphatic carbocycles. The second kappa shape index (κ2) is 7.21. The number of carbonyl (C=O) groups excluding carboxylic acids is 1. The molecule has 0 aromatic heterocycles. The molecule has 1 aliphatic rings. The fourth-order valence-corrected chi connectivity index (χ4v) is 3.36. The third-order valence-electron chi connectivity index (χ3n) is 2.90. The first kappa shape index (κ1) is 16.9. The number of benzene rings is 1. The van der Waals surface area contributed by atoms with E-state index in [0.717, 1.165) is 11.8 Å². The van der Waals surface area contributed by atoms with E-state index in [1.807, 2.05) is 0 Å². The molecule has 2 rings (SSSR count). The van der Waals surface area contributed by atoms with E-state index in [2.05, 4.69) is 0 Å². The summed E-state index contributed by atoms with van der Waals surface area (Å²) in [7, 11) is 0. The lowest BCUT2D eigenvalue weighted by Gasteiger charge is -2.13. The number of nitrogens with zero attached hydrogens (tertiary/aromatic N) is 1. The molecule has 1 heterocycles. The summed E-state index contributed by atoms with van der Waals surface area (Å²) in [6, 6.07) is 3.90. The maximum absolute atomic E-state index is 13.0. The predicted octanol–water partition coefficient (Wildman–Crippen LogP) is 3.55. The van der Waals surface area contributed by atoms with Crippen molar-refractivity contribution in [2.24, 2.45) is 0 Å². The Morgan fingerprint density at radius 2 is 2.23 bits per heavy atom. The average Bonchev–Trinajstić information content (AvgIpc) is 2.69. The van der Waals surface area contributed by atoms with Gasteiger partial charge < -0.3 is 5.11 Å². The van der Waals surface area contributed by atoms with Crippen LogP contribution in [0, 0.1) is 5.82 Å². The van der Waals surface area contributed by atoms with Gasteiger partial charge in [0.05, 0.1) is 9.93 Å². The van der Waals surface area contributed by atoms with Crippen molar-refractivity contribution in [2.45, 2.75) is 12.8 Å². The molecular weight excluding hydrogens is 349 g/mol. The molecular formula is C14H11ClFNO3S2. The number of halogens is 2. The van der Waals surface area contributed by atoms with Crippen molar-refractivity contribution in [3.8, 4) is 0 Å². The Balaban J connectivity index is 2.13. The van der Waals surface area contributed by atoms with Gasteiger partial charge in [-0.1, -0.05) is 41.6 Å². The molecule has 22 heavy (non-hydrogen) atoms. The first-order valence-electron chi connectivity index (χ1n) is 6.30.